The molecule has 2 heterocycles. The fourth-order valence-electron chi connectivity index (χ4n) is 2.72. The van der Waals surface area contributed by atoms with Crippen LogP contribution in [-0.2, 0) is 18.4 Å². The summed E-state index contributed by atoms with van der Waals surface area (Å²) < 4.78 is 1.79. The Labute approximate surface area is 147 Å². The van der Waals surface area contributed by atoms with Gasteiger partial charge in [-0.25, -0.2) is 0 Å². The molecule has 0 saturated carbocycles. The lowest BCUT2D eigenvalue weighted by Crippen LogP contribution is -2.29. The van der Waals surface area contributed by atoms with Crippen molar-refractivity contribution in [2.45, 2.75) is 6.54 Å². The number of likely N-dealkylation sites (N-methyl/N-ethyl adjacent to an activating group) is 1. The van der Waals surface area contributed by atoms with Crippen LogP contribution in [0.15, 0.2) is 61.1 Å². The average Bonchev–Trinajstić information content (AvgIpc) is 2.96. The molecule has 0 spiro atoms. The summed E-state index contributed by atoms with van der Waals surface area (Å²) >= 11 is 0. The van der Waals surface area contributed by atoms with Crippen LogP contribution in [0, 0.1) is 0 Å². The molecule has 1 amide bonds. The Morgan fingerprint density at radius 1 is 1.16 bits per heavy atom. The highest BCUT2D eigenvalue weighted by Gasteiger charge is 2.14. The highest BCUT2D eigenvalue weighted by molar-refractivity contribution is 5.92. The van der Waals surface area contributed by atoms with Crippen molar-refractivity contribution in [3.63, 3.8) is 0 Å². The lowest BCUT2D eigenvalue weighted by molar-refractivity contribution is -0.117. The van der Waals surface area contributed by atoms with Gasteiger partial charge in [-0.1, -0.05) is 18.2 Å². The summed E-state index contributed by atoms with van der Waals surface area (Å²) in [6.45, 7) is 0.938. The third-order valence-electron chi connectivity index (χ3n) is 3.77. The summed E-state index contributed by atoms with van der Waals surface area (Å²) in [5.74, 6) is -0.0388. The Balaban J connectivity index is 1.65. The molecule has 6 nitrogen and oxygen atoms in total. The van der Waals surface area contributed by atoms with E-state index in [-0.39, 0.29) is 5.91 Å². The zero-order valence-electron chi connectivity index (χ0n) is 14.4. The molecule has 0 aliphatic heterocycles. The zero-order valence-corrected chi connectivity index (χ0v) is 14.4. The summed E-state index contributed by atoms with van der Waals surface area (Å²) in [6.07, 6.45) is 5.50. The van der Waals surface area contributed by atoms with Gasteiger partial charge in [0, 0.05) is 49.0 Å². The number of hydrogen-bond acceptors (Lipinski definition) is 4. The minimum absolute atomic E-state index is 0.0388. The number of carbonyl (C=O) groups is 1. The van der Waals surface area contributed by atoms with Crippen molar-refractivity contribution < 1.29 is 4.79 Å². The first kappa shape index (κ1) is 16.9. The molecule has 3 rings (SSSR count). The van der Waals surface area contributed by atoms with Crippen molar-refractivity contribution in [1.82, 2.24) is 19.7 Å². The van der Waals surface area contributed by atoms with Gasteiger partial charge in [-0.2, -0.15) is 5.10 Å². The van der Waals surface area contributed by atoms with Gasteiger partial charge in [0.25, 0.3) is 0 Å². The quantitative estimate of drug-likeness (QED) is 0.752. The third-order valence-corrected chi connectivity index (χ3v) is 3.77. The highest BCUT2D eigenvalue weighted by Crippen LogP contribution is 2.22. The second-order valence-electron chi connectivity index (χ2n) is 6.00. The fourth-order valence-corrected chi connectivity index (χ4v) is 2.72. The van der Waals surface area contributed by atoms with E-state index in [2.05, 4.69) is 15.4 Å². The Morgan fingerprint density at radius 3 is 2.60 bits per heavy atom. The monoisotopic (exact) mass is 335 g/mol. The SMILES string of the molecule is CN(CC(=O)Nc1ccccc1)Cc1cn(C)nc1-c1ccncc1. The number of aryl methyl sites for hydroxylation is 1. The maximum absolute atomic E-state index is 12.2. The van der Waals surface area contributed by atoms with Gasteiger partial charge < -0.3 is 5.32 Å². The molecule has 0 radical (unpaired) electrons. The molecule has 0 saturated heterocycles. The van der Waals surface area contributed by atoms with E-state index < -0.39 is 0 Å². The largest absolute Gasteiger partial charge is 0.325 e. The lowest BCUT2D eigenvalue weighted by Gasteiger charge is -2.16. The number of carbonyl (C=O) groups excluding carboxylic acids is 1. The summed E-state index contributed by atoms with van der Waals surface area (Å²) in [5.41, 5.74) is 3.82. The van der Waals surface area contributed by atoms with Crippen LogP contribution in [-0.4, -0.2) is 39.2 Å². The standard InChI is InChI=1S/C19H21N5O/c1-23(14-18(25)21-17-6-4-3-5-7-17)12-16-13-24(2)22-19(16)15-8-10-20-11-9-15/h3-11,13H,12,14H2,1-2H3,(H,21,25). The predicted octanol–water partition coefficient (Wildman–Crippen LogP) is 2.55. The van der Waals surface area contributed by atoms with Gasteiger partial charge in [-0.05, 0) is 31.3 Å². The second-order valence-corrected chi connectivity index (χ2v) is 6.00. The van der Waals surface area contributed by atoms with Crippen LogP contribution in [0.25, 0.3) is 11.3 Å². The van der Waals surface area contributed by atoms with E-state index in [0.29, 0.717) is 13.1 Å². The van der Waals surface area contributed by atoms with E-state index in [1.807, 2.05) is 67.7 Å². The van der Waals surface area contributed by atoms with Gasteiger partial charge in [0.15, 0.2) is 0 Å². The number of rotatable bonds is 6. The molecule has 25 heavy (non-hydrogen) atoms. The van der Waals surface area contributed by atoms with Crippen molar-refractivity contribution in [3.8, 4) is 11.3 Å². The molecule has 0 bridgehead atoms. The van der Waals surface area contributed by atoms with Crippen molar-refractivity contribution in [3.05, 3.63) is 66.6 Å². The van der Waals surface area contributed by atoms with Gasteiger partial charge in [0.1, 0.15) is 0 Å². The van der Waals surface area contributed by atoms with Gasteiger partial charge in [-0.15, -0.1) is 0 Å². The molecule has 1 N–H and O–H groups in total. The molecule has 1 aromatic carbocycles. The highest BCUT2D eigenvalue weighted by atomic mass is 16.2. The molecule has 128 valence electrons. The van der Waals surface area contributed by atoms with Crippen LogP contribution in [0.2, 0.25) is 0 Å². The fraction of sp³-hybridized carbons (Fsp3) is 0.211. The topological polar surface area (TPSA) is 63.1 Å². The first-order chi connectivity index (χ1) is 12.1. The Morgan fingerprint density at radius 2 is 1.88 bits per heavy atom. The molecule has 0 fully saturated rings. The van der Waals surface area contributed by atoms with E-state index in [0.717, 1.165) is 22.5 Å². The Bertz CT molecular complexity index is 830. The summed E-state index contributed by atoms with van der Waals surface area (Å²) in [6, 6.07) is 13.3. The summed E-state index contributed by atoms with van der Waals surface area (Å²) in [7, 11) is 3.82. The molecule has 0 aliphatic carbocycles. The molecule has 0 unspecified atom stereocenters. The first-order valence-electron chi connectivity index (χ1n) is 8.08. The van der Waals surface area contributed by atoms with Gasteiger partial charge in [0.05, 0.1) is 12.2 Å². The molecular formula is C19H21N5O. The third kappa shape index (κ3) is 4.51. The van der Waals surface area contributed by atoms with Crippen LogP contribution in [0.5, 0.6) is 0 Å². The Kier molecular flexibility index (Phi) is 5.20. The van der Waals surface area contributed by atoms with Crippen LogP contribution >= 0.6 is 0 Å². The van der Waals surface area contributed by atoms with E-state index in [9.17, 15) is 4.79 Å². The minimum Gasteiger partial charge on any atom is -0.325 e. The number of nitrogens with zero attached hydrogens (tertiary/aromatic N) is 4. The van der Waals surface area contributed by atoms with Crippen LogP contribution in [0.4, 0.5) is 5.69 Å². The Hall–Kier alpha value is -2.99. The predicted molar refractivity (Wildman–Crippen MR) is 97.8 cm³/mol. The molecular weight excluding hydrogens is 314 g/mol. The molecule has 3 aromatic rings. The average molecular weight is 335 g/mol. The zero-order chi connectivity index (χ0) is 17.6. The van der Waals surface area contributed by atoms with Gasteiger partial charge in [-0.3, -0.25) is 19.4 Å². The number of amides is 1. The molecule has 2 aromatic heterocycles. The molecule has 0 atom stereocenters. The summed E-state index contributed by atoms with van der Waals surface area (Å²) in [5, 5.41) is 7.44. The first-order valence-corrected chi connectivity index (χ1v) is 8.08. The number of aromatic nitrogens is 3. The number of para-hydroxylation sites is 1. The van der Waals surface area contributed by atoms with Crippen molar-refractivity contribution >= 4 is 11.6 Å². The number of anilines is 1. The van der Waals surface area contributed by atoms with Gasteiger partial charge in [0.2, 0.25) is 5.91 Å². The van der Waals surface area contributed by atoms with Gasteiger partial charge >= 0.3 is 0 Å². The maximum atomic E-state index is 12.2. The number of hydrogen-bond donors (Lipinski definition) is 1. The second kappa shape index (κ2) is 7.72. The van der Waals surface area contributed by atoms with Crippen molar-refractivity contribution in [2.24, 2.45) is 7.05 Å². The number of pyridine rings is 1. The van der Waals surface area contributed by atoms with Crippen LogP contribution in [0.1, 0.15) is 5.56 Å². The molecule has 6 heteroatoms. The van der Waals surface area contributed by atoms with E-state index in [1.165, 1.54) is 0 Å². The van der Waals surface area contributed by atoms with Crippen molar-refractivity contribution in [1.29, 1.82) is 0 Å². The van der Waals surface area contributed by atoms with E-state index in [1.54, 1.807) is 17.1 Å². The number of benzene rings is 1. The van der Waals surface area contributed by atoms with Crippen LogP contribution < -0.4 is 5.32 Å². The van der Waals surface area contributed by atoms with Crippen LogP contribution in [0.3, 0.4) is 0 Å². The lowest BCUT2D eigenvalue weighted by atomic mass is 10.1. The normalized spacial score (nSPS) is 10.8. The van der Waals surface area contributed by atoms with Crippen molar-refractivity contribution in [2.75, 3.05) is 18.9 Å². The van der Waals surface area contributed by atoms with E-state index >= 15 is 0 Å². The summed E-state index contributed by atoms with van der Waals surface area (Å²) in [4.78, 5) is 18.2. The maximum Gasteiger partial charge on any atom is 0.238 e. The number of nitrogens with one attached hydrogen (secondary N) is 1. The minimum atomic E-state index is -0.0388. The smallest absolute Gasteiger partial charge is 0.238 e. The molecule has 0 aliphatic rings. The van der Waals surface area contributed by atoms with E-state index in [4.69, 9.17) is 0 Å².